The quantitative estimate of drug-likeness (QED) is 0.458. The summed E-state index contributed by atoms with van der Waals surface area (Å²) in [6, 6.07) is 8.12. The van der Waals surface area contributed by atoms with Crippen LogP contribution in [0.4, 0.5) is 0 Å². The molecule has 1 unspecified atom stereocenters. The molecule has 0 aliphatic heterocycles. The van der Waals surface area contributed by atoms with Crippen LogP contribution in [-0.2, 0) is 0 Å². The van der Waals surface area contributed by atoms with Gasteiger partial charge in [0.25, 0.3) is 0 Å². The monoisotopic (exact) mass is 503 g/mol. The van der Waals surface area contributed by atoms with Crippen molar-refractivity contribution in [2.24, 2.45) is 0 Å². The third-order valence-corrected chi connectivity index (χ3v) is 6.57. The SMILES string of the molecule is CCCNC(c1cc(Cl)c(Br)s1)c1cc(Cl)ccc1I. The summed E-state index contributed by atoms with van der Waals surface area (Å²) in [5.74, 6) is 0. The second-order valence-corrected chi connectivity index (χ2v) is 8.73. The Morgan fingerprint density at radius 2 is 2.10 bits per heavy atom. The molecule has 0 aliphatic carbocycles. The van der Waals surface area contributed by atoms with Crippen molar-refractivity contribution in [2.75, 3.05) is 6.54 Å². The minimum Gasteiger partial charge on any atom is -0.306 e. The first-order chi connectivity index (χ1) is 9.52. The van der Waals surface area contributed by atoms with Gasteiger partial charge in [-0.2, -0.15) is 0 Å². The predicted octanol–water partition coefficient (Wildman–Crippen LogP) is 6.51. The van der Waals surface area contributed by atoms with Gasteiger partial charge in [0, 0.05) is 13.5 Å². The molecule has 0 amide bonds. The average Bonchev–Trinajstić information content (AvgIpc) is 2.74. The maximum Gasteiger partial charge on any atom is 0.0888 e. The molecule has 0 bridgehead atoms. The Morgan fingerprint density at radius 1 is 1.35 bits per heavy atom. The van der Waals surface area contributed by atoms with E-state index in [1.165, 1.54) is 14.0 Å². The Kier molecular flexibility index (Phi) is 6.63. The van der Waals surface area contributed by atoms with Crippen molar-refractivity contribution in [1.82, 2.24) is 5.32 Å². The van der Waals surface area contributed by atoms with E-state index >= 15 is 0 Å². The summed E-state index contributed by atoms with van der Waals surface area (Å²) in [5.41, 5.74) is 1.19. The number of hydrogen-bond donors (Lipinski definition) is 1. The van der Waals surface area contributed by atoms with E-state index < -0.39 is 0 Å². The van der Waals surface area contributed by atoms with E-state index in [4.69, 9.17) is 23.2 Å². The van der Waals surface area contributed by atoms with E-state index in [1.54, 1.807) is 11.3 Å². The van der Waals surface area contributed by atoms with Crippen LogP contribution >= 0.6 is 73.1 Å². The van der Waals surface area contributed by atoms with Gasteiger partial charge in [-0.15, -0.1) is 11.3 Å². The van der Waals surface area contributed by atoms with Crippen LogP contribution in [0.5, 0.6) is 0 Å². The van der Waals surface area contributed by atoms with E-state index in [1.807, 2.05) is 24.3 Å². The zero-order valence-electron chi connectivity index (χ0n) is 10.7. The van der Waals surface area contributed by atoms with Crippen molar-refractivity contribution in [1.29, 1.82) is 0 Å². The van der Waals surface area contributed by atoms with Crippen LogP contribution < -0.4 is 5.32 Å². The second kappa shape index (κ2) is 7.79. The maximum atomic E-state index is 6.17. The van der Waals surface area contributed by atoms with Gasteiger partial charge in [-0.1, -0.05) is 30.1 Å². The average molecular weight is 505 g/mol. The third-order valence-electron chi connectivity index (χ3n) is 2.82. The smallest absolute Gasteiger partial charge is 0.0888 e. The van der Waals surface area contributed by atoms with E-state index in [2.05, 4.69) is 50.8 Å². The standard InChI is InChI=1S/C14H13BrCl2INS/c1-2-5-19-13(12-7-10(17)14(15)20-12)9-6-8(16)3-4-11(9)18/h3-4,6-7,13,19H,2,5H2,1H3. The molecule has 1 N–H and O–H groups in total. The molecular weight excluding hydrogens is 492 g/mol. The maximum absolute atomic E-state index is 6.17. The van der Waals surface area contributed by atoms with E-state index in [0.717, 1.165) is 26.8 Å². The highest BCUT2D eigenvalue weighted by Crippen LogP contribution is 2.38. The Morgan fingerprint density at radius 3 is 2.70 bits per heavy atom. The molecule has 0 saturated carbocycles. The van der Waals surface area contributed by atoms with Gasteiger partial charge < -0.3 is 5.32 Å². The topological polar surface area (TPSA) is 12.0 Å². The van der Waals surface area contributed by atoms with E-state index in [9.17, 15) is 0 Å². The summed E-state index contributed by atoms with van der Waals surface area (Å²) in [4.78, 5) is 1.19. The molecule has 0 saturated heterocycles. The molecule has 0 spiro atoms. The largest absolute Gasteiger partial charge is 0.306 e. The van der Waals surface area contributed by atoms with Gasteiger partial charge in [0.05, 0.1) is 14.9 Å². The van der Waals surface area contributed by atoms with Crippen molar-refractivity contribution in [3.63, 3.8) is 0 Å². The Bertz CT molecular complexity index is 583. The molecule has 2 aromatic rings. The van der Waals surface area contributed by atoms with Crippen molar-refractivity contribution < 1.29 is 0 Å². The van der Waals surface area contributed by atoms with E-state index in [-0.39, 0.29) is 6.04 Å². The molecule has 6 heteroatoms. The fourth-order valence-electron chi connectivity index (χ4n) is 1.89. The summed E-state index contributed by atoms with van der Waals surface area (Å²) >= 11 is 19.8. The molecule has 1 heterocycles. The lowest BCUT2D eigenvalue weighted by molar-refractivity contribution is 0.604. The number of rotatable bonds is 5. The Balaban J connectivity index is 2.43. The van der Waals surface area contributed by atoms with Gasteiger partial charge in [0.15, 0.2) is 0 Å². The Hall–Kier alpha value is 0.670. The molecule has 1 aromatic heterocycles. The van der Waals surface area contributed by atoms with Gasteiger partial charge in [0.2, 0.25) is 0 Å². The first kappa shape index (κ1) is 17.0. The lowest BCUT2D eigenvalue weighted by Crippen LogP contribution is -2.23. The van der Waals surface area contributed by atoms with Crippen molar-refractivity contribution in [3.05, 3.63) is 52.1 Å². The summed E-state index contributed by atoms with van der Waals surface area (Å²) < 4.78 is 2.16. The number of thiophene rings is 1. The summed E-state index contributed by atoms with van der Waals surface area (Å²) in [6.07, 6.45) is 1.08. The van der Waals surface area contributed by atoms with Crippen LogP contribution in [0.1, 0.15) is 29.8 Å². The van der Waals surface area contributed by atoms with Crippen LogP contribution in [-0.4, -0.2) is 6.54 Å². The number of halogens is 4. The molecule has 0 fully saturated rings. The summed E-state index contributed by atoms with van der Waals surface area (Å²) in [6.45, 7) is 3.10. The molecule has 0 radical (unpaired) electrons. The predicted molar refractivity (Wildman–Crippen MR) is 101 cm³/mol. The lowest BCUT2D eigenvalue weighted by Gasteiger charge is -2.19. The minimum atomic E-state index is 0.120. The van der Waals surface area contributed by atoms with Crippen LogP contribution in [0.25, 0.3) is 0 Å². The molecule has 2 rings (SSSR count). The molecule has 1 aromatic carbocycles. The molecule has 108 valence electrons. The summed E-state index contributed by atoms with van der Waals surface area (Å²) in [7, 11) is 0. The third kappa shape index (κ3) is 4.11. The highest BCUT2D eigenvalue weighted by Gasteiger charge is 2.20. The Labute approximate surface area is 155 Å². The minimum absolute atomic E-state index is 0.120. The van der Waals surface area contributed by atoms with Crippen LogP contribution in [0, 0.1) is 3.57 Å². The van der Waals surface area contributed by atoms with Crippen molar-refractivity contribution in [3.8, 4) is 0 Å². The van der Waals surface area contributed by atoms with Gasteiger partial charge in [-0.25, -0.2) is 0 Å². The highest BCUT2D eigenvalue weighted by molar-refractivity contribution is 14.1. The zero-order valence-corrected chi connectivity index (χ0v) is 16.8. The second-order valence-electron chi connectivity index (χ2n) is 4.32. The number of benzene rings is 1. The van der Waals surface area contributed by atoms with Crippen molar-refractivity contribution in [2.45, 2.75) is 19.4 Å². The number of nitrogens with one attached hydrogen (secondary N) is 1. The molecule has 20 heavy (non-hydrogen) atoms. The number of hydrogen-bond acceptors (Lipinski definition) is 2. The van der Waals surface area contributed by atoms with Crippen LogP contribution in [0.2, 0.25) is 10.0 Å². The molecular formula is C14H13BrCl2INS. The first-order valence-electron chi connectivity index (χ1n) is 6.16. The fraction of sp³-hybridized carbons (Fsp3) is 0.286. The highest BCUT2D eigenvalue weighted by atomic mass is 127. The van der Waals surface area contributed by atoms with Crippen LogP contribution in [0.15, 0.2) is 28.1 Å². The van der Waals surface area contributed by atoms with E-state index in [0.29, 0.717) is 0 Å². The van der Waals surface area contributed by atoms with Gasteiger partial charge in [-0.05, 0) is 81.3 Å². The van der Waals surface area contributed by atoms with Gasteiger partial charge in [0.1, 0.15) is 0 Å². The first-order valence-corrected chi connectivity index (χ1v) is 9.60. The van der Waals surface area contributed by atoms with Crippen molar-refractivity contribution >= 4 is 73.1 Å². The molecule has 1 atom stereocenters. The lowest BCUT2D eigenvalue weighted by atomic mass is 10.1. The molecule has 0 aliphatic rings. The summed E-state index contributed by atoms with van der Waals surface area (Å²) in [5, 5.41) is 5.09. The normalized spacial score (nSPS) is 12.7. The van der Waals surface area contributed by atoms with Crippen LogP contribution in [0.3, 0.4) is 0 Å². The van der Waals surface area contributed by atoms with Gasteiger partial charge >= 0.3 is 0 Å². The van der Waals surface area contributed by atoms with Gasteiger partial charge in [-0.3, -0.25) is 0 Å². The fourth-order valence-corrected chi connectivity index (χ4v) is 4.56. The zero-order chi connectivity index (χ0) is 14.7. The molecule has 1 nitrogen and oxygen atoms in total.